The van der Waals surface area contributed by atoms with Gasteiger partial charge in [-0.2, -0.15) is 0 Å². The molecule has 0 aliphatic heterocycles. The number of nitrogens with zero attached hydrogens (tertiary/aromatic N) is 3. The summed E-state index contributed by atoms with van der Waals surface area (Å²) in [5.74, 6) is 0.824. The minimum atomic E-state index is -1.26. The third-order valence-corrected chi connectivity index (χ3v) is 12.9. The maximum atomic E-state index is 6.45. The van der Waals surface area contributed by atoms with Crippen LogP contribution >= 0.6 is 0 Å². The van der Waals surface area contributed by atoms with Crippen molar-refractivity contribution < 1.29 is 24.5 Å². The Morgan fingerprint density at radius 2 is 1.39 bits per heavy atom. The van der Waals surface area contributed by atoms with Gasteiger partial charge in [0.2, 0.25) is 0 Å². The summed E-state index contributed by atoms with van der Waals surface area (Å²) in [6, 6.07) is 55.4. The second-order valence-corrected chi connectivity index (χ2v) is 23.3. The number of imidazole rings is 1. The molecule has 9 rings (SSSR count). The van der Waals surface area contributed by atoms with Crippen molar-refractivity contribution in [1.29, 1.82) is 0 Å². The van der Waals surface area contributed by atoms with Gasteiger partial charge in [0.15, 0.2) is 0 Å². The third-order valence-electron chi connectivity index (χ3n) is 10.9. The fourth-order valence-corrected chi connectivity index (χ4v) is 8.60. The van der Waals surface area contributed by atoms with Crippen LogP contribution in [0.5, 0.6) is 0 Å². The number of hydrogen-bond acceptors (Lipinski definition) is 3. The zero-order valence-electron chi connectivity index (χ0n) is 35.4. The second-order valence-electron chi connectivity index (χ2n) is 18.2. The number of para-hydroxylation sites is 4. The van der Waals surface area contributed by atoms with Gasteiger partial charge in [0.1, 0.15) is 5.58 Å². The molecule has 299 valence electrons. The molecule has 9 aromatic rings. The van der Waals surface area contributed by atoms with E-state index in [1.807, 2.05) is 30.5 Å². The van der Waals surface area contributed by atoms with E-state index in [1.54, 1.807) is 0 Å². The molecule has 0 aliphatic carbocycles. The summed E-state index contributed by atoms with van der Waals surface area (Å²) in [6.07, 6.45) is 2.03. The molecule has 0 bridgehead atoms. The number of rotatable bonds is 5. The summed E-state index contributed by atoms with van der Waals surface area (Å²) in [6.45, 7) is 20.5. The van der Waals surface area contributed by atoms with Crippen LogP contribution in [0.25, 0.3) is 72.4 Å². The van der Waals surface area contributed by atoms with Crippen molar-refractivity contribution >= 4 is 46.2 Å². The Balaban J connectivity index is 0.000000214. The number of benzene rings is 6. The number of fused-ring (bicyclic) bond motifs is 4. The van der Waals surface area contributed by atoms with Crippen molar-refractivity contribution in [3.63, 3.8) is 0 Å². The Kier molecular flexibility index (Phi) is 11.6. The van der Waals surface area contributed by atoms with Crippen LogP contribution in [-0.2, 0) is 30.9 Å². The maximum Gasteiger partial charge on any atom is 0.120 e. The molecule has 0 atom stereocenters. The van der Waals surface area contributed by atoms with Gasteiger partial charge in [-0.1, -0.05) is 163 Å². The normalized spacial score (nSPS) is 12.0. The molecule has 6 aromatic carbocycles. The van der Waals surface area contributed by atoms with Gasteiger partial charge in [-0.25, -0.2) is 0 Å². The van der Waals surface area contributed by atoms with Crippen LogP contribution in [0, 0.1) is 12.1 Å². The summed E-state index contributed by atoms with van der Waals surface area (Å²) >= 11 is 0. The quantitative estimate of drug-likeness (QED) is 0.128. The van der Waals surface area contributed by atoms with Crippen molar-refractivity contribution in [2.45, 2.75) is 72.0 Å². The molecule has 4 nitrogen and oxygen atoms in total. The van der Waals surface area contributed by atoms with Crippen molar-refractivity contribution in [2.24, 2.45) is 0 Å². The molecule has 3 heterocycles. The molecule has 1 radical (unpaired) electrons. The van der Waals surface area contributed by atoms with Crippen LogP contribution in [0.2, 0.25) is 19.6 Å². The minimum Gasteiger partial charge on any atom is -0.501 e. The van der Waals surface area contributed by atoms with Crippen molar-refractivity contribution in [1.82, 2.24) is 14.5 Å². The van der Waals surface area contributed by atoms with E-state index in [-0.39, 0.29) is 30.9 Å². The molecule has 0 fully saturated rings. The van der Waals surface area contributed by atoms with Gasteiger partial charge in [-0.3, -0.25) is 4.98 Å². The Morgan fingerprint density at radius 3 is 2.07 bits per heavy atom. The molecule has 0 spiro atoms. The first-order valence-corrected chi connectivity index (χ1v) is 23.7. The third kappa shape index (κ3) is 8.40. The van der Waals surface area contributed by atoms with E-state index < -0.39 is 8.07 Å². The van der Waals surface area contributed by atoms with Crippen LogP contribution in [-0.4, -0.2) is 22.6 Å². The first-order chi connectivity index (χ1) is 27.7. The molecule has 3 aromatic heterocycles. The van der Waals surface area contributed by atoms with Crippen molar-refractivity contribution in [2.75, 3.05) is 0 Å². The smallest absolute Gasteiger partial charge is 0.120 e. The molecule has 0 aliphatic rings. The maximum absolute atomic E-state index is 6.45. The summed E-state index contributed by atoms with van der Waals surface area (Å²) in [5.41, 5.74) is 12.7. The molecule has 0 amide bonds. The van der Waals surface area contributed by atoms with Crippen LogP contribution in [0.4, 0.5) is 0 Å². The molecule has 0 saturated heterocycles. The molecule has 6 heteroatoms. The average Bonchev–Trinajstić information content (AvgIpc) is 3.79. The molecule has 59 heavy (non-hydrogen) atoms. The van der Waals surface area contributed by atoms with E-state index in [2.05, 4.69) is 198 Å². The fraction of sp³-hybridized carbons (Fsp3) is 0.208. The van der Waals surface area contributed by atoms with Gasteiger partial charge in [-0.15, -0.1) is 53.6 Å². The van der Waals surface area contributed by atoms with E-state index >= 15 is 0 Å². The summed E-state index contributed by atoms with van der Waals surface area (Å²) < 4.78 is 8.77. The number of furan rings is 1. The van der Waals surface area contributed by atoms with Crippen LogP contribution < -0.4 is 5.19 Å². The first kappa shape index (κ1) is 41.8. The molecular weight excluding hydrogens is 915 g/mol. The predicted molar refractivity (Wildman–Crippen MR) is 247 cm³/mol. The van der Waals surface area contributed by atoms with E-state index in [4.69, 9.17) is 9.40 Å². The van der Waals surface area contributed by atoms with Crippen molar-refractivity contribution in [3.05, 3.63) is 169 Å². The summed E-state index contributed by atoms with van der Waals surface area (Å²) in [4.78, 5) is 9.82. The second kappa shape index (κ2) is 16.3. The number of pyridine rings is 1. The van der Waals surface area contributed by atoms with Gasteiger partial charge in [0, 0.05) is 37.3 Å². The predicted octanol–water partition coefficient (Wildman–Crippen LogP) is 13.7. The van der Waals surface area contributed by atoms with E-state index in [0.29, 0.717) is 0 Å². The fourth-order valence-electron chi connectivity index (χ4n) is 7.56. The van der Waals surface area contributed by atoms with Gasteiger partial charge >= 0.3 is 0 Å². The van der Waals surface area contributed by atoms with Gasteiger partial charge < -0.3 is 14.0 Å². The Hall–Kier alpha value is -5.39. The van der Waals surface area contributed by atoms with Crippen LogP contribution in [0.3, 0.4) is 0 Å². The standard InChI is InChI=1S/C35H27N2O.C18H24NSi.Ir/c1-35(2,3)28-19-12-16-24(23-13-5-4-6-14-23)32(28)37-30-21-9-8-20-29(30)36-34(37)27-18-11-17-26-25-15-7-10-22-31(25)38-33(26)27;1-18(2,3)15-9-7-14(8-10-15)17-12-11-16(13-19-17)20(4,5)6;/h4-17,19-22H,1-3H3;7,9-13H,1-6H3;/q2*-1;. The van der Waals surface area contributed by atoms with E-state index in [1.165, 1.54) is 27.4 Å². The van der Waals surface area contributed by atoms with Crippen LogP contribution in [0.15, 0.2) is 150 Å². The molecule has 0 saturated carbocycles. The Labute approximate surface area is 363 Å². The molecular formula is C53H51IrN3OSi-2. The average molecular weight is 966 g/mol. The Bertz CT molecular complexity index is 2820. The zero-order chi connectivity index (χ0) is 40.8. The van der Waals surface area contributed by atoms with E-state index in [0.717, 1.165) is 61.3 Å². The Morgan fingerprint density at radius 1 is 0.661 bits per heavy atom. The van der Waals surface area contributed by atoms with E-state index in [9.17, 15) is 0 Å². The minimum absolute atomic E-state index is 0. The number of aromatic nitrogens is 3. The topological polar surface area (TPSA) is 43.9 Å². The van der Waals surface area contributed by atoms with Gasteiger partial charge in [0.25, 0.3) is 0 Å². The summed E-state index contributed by atoms with van der Waals surface area (Å²) in [5, 5.41) is 3.56. The van der Waals surface area contributed by atoms with Crippen LogP contribution in [0.1, 0.15) is 52.7 Å². The largest absolute Gasteiger partial charge is 0.501 e. The monoisotopic (exact) mass is 966 g/mol. The van der Waals surface area contributed by atoms with Gasteiger partial charge in [0.05, 0.1) is 36.2 Å². The molecule has 0 unspecified atom stereocenters. The van der Waals surface area contributed by atoms with Crippen molar-refractivity contribution in [3.8, 4) is 39.5 Å². The molecule has 0 N–H and O–H groups in total. The number of hydrogen-bond donors (Lipinski definition) is 0. The zero-order valence-corrected chi connectivity index (χ0v) is 38.8. The van der Waals surface area contributed by atoms with Gasteiger partial charge in [-0.05, 0) is 51.0 Å². The SMILES string of the molecule is CC(C)(C)c1c[c-]c(-c2ccc([Si](C)(C)C)cn2)cc1.CC(C)(C)c1cccc(-c2ccccc2)c1-n1c(-c2[c-]ccc3c2oc2ccccc23)nc2ccccc21.[Ir]. The summed E-state index contributed by atoms with van der Waals surface area (Å²) in [7, 11) is -1.26. The first-order valence-electron chi connectivity index (χ1n) is 20.2.